The number of pyridine rings is 1. The average Bonchev–Trinajstić information content (AvgIpc) is 2.41. The Morgan fingerprint density at radius 1 is 1.33 bits per heavy atom. The van der Waals surface area contributed by atoms with Crippen LogP contribution in [0, 0.1) is 11.7 Å². The molecule has 21 heavy (non-hydrogen) atoms. The van der Waals surface area contributed by atoms with Crippen molar-refractivity contribution < 1.29 is 9.13 Å². The molecule has 0 aliphatic carbocycles. The molecule has 5 heteroatoms. The number of aromatic nitrogens is 1. The van der Waals surface area contributed by atoms with Gasteiger partial charge in [0.1, 0.15) is 5.82 Å². The summed E-state index contributed by atoms with van der Waals surface area (Å²) in [5, 5.41) is 3.27. The molecule has 1 aromatic rings. The van der Waals surface area contributed by atoms with Crippen LogP contribution in [0.3, 0.4) is 0 Å². The van der Waals surface area contributed by atoms with E-state index in [1.54, 1.807) is 6.07 Å². The minimum absolute atomic E-state index is 0.110. The van der Waals surface area contributed by atoms with Gasteiger partial charge in [-0.05, 0) is 46.0 Å². The molecule has 0 aliphatic heterocycles. The topological polar surface area (TPSA) is 37.4 Å². The Bertz CT molecular complexity index is 397. The lowest BCUT2D eigenvalue weighted by Crippen LogP contribution is -2.35. The lowest BCUT2D eigenvalue weighted by molar-refractivity contribution is 0.0605. The first-order valence-electron chi connectivity index (χ1n) is 7.53. The Morgan fingerprint density at radius 2 is 2.05 bits per heavy atom. The minimum Gasteiger partial charge on any atom is -0.377 e. The van der Waals surface area contributed by atoms with E-state index >= 15 is 0 Å². The second kappa shape index (κ2) is 9.07. The Kier molecular flexibility index (Phi) is 7.78. The van der Waals surface area contributed by atoms with Gasteiger partial charge in [0, 0.05) is 13.1 Å². The van der Waals surface area contributed by atoms with Gasteiger partial charge >= 0.3 is 0 Å². The summed E-state index contributed by atoms with van der Waals surface area (Å²) in [5.41, 5.74) is 0.873. The number of hydrogen-bond donors (Lipinski definition) is 1. The quantitative estimate of drug-likeness (QED) is 0.760. The largest absolute Gasteiger partial charge is 0.377 e. The molecule has 0 aromatic carbocycles. The number of halogens is 1. The fourth-order valence-electron chi connectivity index (χ4n) is 2.43. The van der Waals surface area contributed by atoms with Gasteiger partial charge in [0.05, 0.1) is 30.6 Å². The van der Waals surface area contributed by atoms with Gasteiger partial charge in [0.2, 0.25) is 0 Å². The van der Waals surface area contributed by atoms with Crippen LogP contribution in [-0.4, -0.2) is 49.8 Å². The second-order valence-corrected chi connectivity index (χ2v) is 5.83. The highest BCUT2D eigenvalue weighted by Crippen LogP contribution is 2.20. The van der Waals surface area contributed by atoms with Crippen LogP contribution >= 0.6 is 0 Å². The van der Waals surface area contributed by atoms with E-state index in [1.165, 1.54) is 12.3 Å². The Balaban J connectivity index is 2.50. The van der Waals surface area contributed by atoms with E-state index in [4.69, 9.17) is 4.74 Å². The summed E-state index contributed by atoms with van der Waals surface area (Å²) in [6.45, 7) is 8.81. The first kappa shape index (κ1) is 18.0. The molecule has 1 N–H and O–H groups in total. The van der Waals surface area contributed by atoms with Crippen molar-refractivity contribution in [3.05, 3.63) is 29.8 Å². The molecular formula is C16H28FN3O. The summed E-state index contributed by atoms with van der Waals surface area (Å²) in [5.74, 6) is 0.0567. The van der Waals surface area contributed by atoms with Gasteiger partial charge in [-0.2, -0.15) is 0 Å². The van der Waals surface area contributed by atoms with Crippen molar-refractivity contribution in [1.82, 2.24) is 15.2 Å². The van der Waals surface area contributed by atoms with Crippen molar-refractivity contribution in [1.29, 1.82) is 0 Å². The summed E-state index contributed by atoms with van der Waals surface area (Å²) >= 11 is 0. The molecule has 0 amide bonds. The third kappa shape index (κ3) is 6.50. The third-order valence-corrected chi connectivity index (χ3v) is 3.47. The van der Waals surface area contributed by atoms with Crippen LogP contribution in [0.15, 0.2) is 18.3 Å². The molecule has 0 saturated heterocycles. The van der Waals surface area contributed by atoms with Gasteiger partial charge in [-0.3, -0.25) is 4.98 Å². The summed E-state index contributed by atoms with van der Waals surface area (Å²) < 4.78 is 18.5. The fraction of sp³-hybridized carbons (Fsp3) is 0.688. The lowest BCUT2D eigenvalue weighted by Gasteiger charge is -2.27. The molecule has 0 fully saturated rings. The number of nitrogens with zero attached hydrogens (tertiary/aromatic N) is 2. The van der Waals surface area contributed by atoms with E-state index in [2.05, 4.69) is 29.2 Å². The predicted molar refractivity (Wildman–Crippen MR) is 83.7 cm³/mol. The third-order valence-electron chi connectivity index (χ3n) is 3.47. The molecule has 0 bridgehead atoms. The molecule has 1 aromatic heterocycles. The Hall–Kier alpha value is -1.04. The zero-order chi connectivity index (χ0) is 15.8. The average molecular weight is 297 g/mol. The van der Waals surface area contributed by atoms with Gasteiger partial charge < -0.3 is 15.0 Å². The van der Waals surface area contributed by atoms with E-state index in [0.717, 1.165) is 25.4 Å². The van der Waals surface area contributed by atoms with Crippen molar-refractivity contribution >= 4 is 0 Å². The molecule has 0 saturated carbocycles. The number of rotatable bonds is 9. The van der Waals surface area contributed by atoms with Crippen molar-refractivity contribution in [3.63, 3.8) is 0 Å². The molecular weight excluding hydrogens is 269 g/mol. The summed E-state index contributed by atoms with van der Waals surface area (Å²) in [4.78, 5) is 6.43. The first-order chi connectivity index (χ1) is 9.93. The Labute approximate surface area is 127 Å². The second-order valence-electron chi connectivity index (χ2n) is 5.83. The fourth-order valence-corrected chi connectivity index (χ4v) is 2.43. The van der Waals surface area contributed by atoms with E-state index < -0.39 is 0 Å². The molecule has 0 radical (unpaired) electrons. The maximum Gasteiger partial charge on any atom is 0.141 e. The molecule has 1 rings (SSSR count). The van der Waals surface area contributed by atoms with Gasteiger partial charge in [-0.1, -0.05) is 6.92 Å². The highest BCUT2D eigenvalue weighted by molar-refractivity contribution is 5.10. The molecule has 120 valence electrons. The molecule has 2 unspecified atom stereocenters. The molecule has 4 nitrogen and oxygen atoms in total. The number of hydrogen-bond acceptors (Lipinski definition) is 4. The number of likely N-dealkylation sites (N-methyl/N-ethyl adjacent to an activating group) is 1. The van der Waals surface area contributed by atoms with Crippen LogP contribution in [-0.2, 0) is 4.74 Å². The SMILES string of the molecule is CNC(c1ccc(F)cn1)C(C)CN(C)CCOC(C)C. The Morgan fingerprint density at radius 3 is 2.57 bits per heavy atom. The van der Waals surface area contributed by atoms with Crippen LogP contribution in [0.5, 0.6) is 0 Å². The monoisotopic (exact) mass is 297 g/mol. The van der Waals surface area contributed by atoms with Crippen LogP contribution < -0.4 is 5.32 Å². The van der Waals surface area contributed by atoms with Gasteiger partial charge in [-0.15, -0.1) is 0 Å². The first-order valence-corrected chi connectivity index (χ1v) is 7.53. The minimum atomic E-state index is -0.302. The van der Waals surface area contributed by atoms with Crippen LogP contribution in [0.1, 0.15) is 32.5 Å². The number of nitrogens with one attached hydrogen (secondary N) is 1. The standard InChI is InChI=1S/C16H28FN3O/c1-12(2)21-9-8-20(5)11-13(3)16(18-4)15-7-6-14(17)10-19-15/h6-7,10,12-13,16,18H,8-9,11H2,1-5H3. The molecule has 0 aliphatic rings. The molecule has 1 heterocycles. The zero-order valence-corrected chi connectivity index (χ0v) is 13.8. The van der Waals surface area contributed by atoms with Crippen LogP contribution in [0.2, 0.25) is 0 Å². The maximum absolute atomic E-state index is 13.0. The van der Waals surface area contributed by atoms with E-state index in [-0.39, 0.29) is 18.0 Å². The normalized spacial score (nSPS) is 14.7. The summed E-state index contributed by atoms with van der Waals surface area (Å²) in [7, 11) is 4.00. The van der Waals surface area contributed by atoms with Crippen molar-refractivity contribution in [2.24, 2.45) is 5.92 Å². The van der Waals surface area contributed by atoms with Gasteiger partial charge in [0.25, 0.3) is 0 Å². The van der Waals surface area contributed by atoms with Crippen molar-refractivity contribution in [2.75, 3.05) is 33.8 Å². The van der Waals surface area contributed by atoms with E-state index in [1.807, 2.05) is 20.9 Å². The summed E-state index contributed by atoms with van der Waals surface area (Å²) in [6.07, 6.45) is 1.54. The highest BCUT2D eigenvalue weighted by atomic mass is 19.1. The van der Waals surface area contributed by atoms with Crippen molar-refractivity contribution in [2.45, 2.75) is 32.9 Å². The van der Waals surface area contributed by atoms with Crippen molar-refractivity contribution in [3.8, 4) is 0 Å². The van der Waals surface area contributed by atoms with Gasteiger partial charge in [-0.25, -0.2) is 4.39 Å². The van der Waals surface area contributed by atoms with Crippen LogP contribution in [0.4, 0.5) is 4.39 Å². The number of ether oxygens (including phenoxy) is 1. The lowest BCUT2D eigenvalue weighted by atomic mass is 9.98. The van der Waals surface area contributed by atoms with Gasteiger partial charge in [0.15, 0.2) is 0 Å². The zero-order valence-electron chi connectivity index (χ0n) is 13.8. The van der Waals surface area contributed by atoms with E-state index in [0.29, 0.717) is 5.92 Å². The predicted octanol–water partition coefficient (Wildman–Crippen LogP) is 2.47. The highest BCUT2D eigenvalue weighted by Gasteiger charge is 2.20. The molecule has 0 spiro atoms. The van der Waals surface area contributed by atoms with E-state index in [9.17, 15) is 4.39 Å². The maximum atomic E-state index is 13.0. The molecule has 2 atom stereocenters. The van der Waals surface area contributed by atoms with Crippen LogP contribution in [0.25, 0.3) is 0 Å². The summed E-state index contributed by atoms with van der Waals surface area (Å²) in [6, 6.07) is 3.31. The smallest absolute Gasteiger partial charge is 0.141 e.